The Balaban J connectivity index is 1.31. The van der Waals surface area contributed by atoms with Crippen molar-refractivity contribution in [3.63, 3.8) is 0 Å². The summed E-state index contributed by atoms with van der Waals surface area (Å²) in [5.41, 5.74) is 22.1. The van der Waals surface area contributed by atoms with Crippen molar-refractivity contribution in [1.82, 2.24) is 59.8 Å². The Morgan fingerprint density at radius 2 is 0.306 bits per heavy atom. The van der Waals surface area contributed by atoms with E-state index in [2.05, 4.69) is 151 Å². The van der Waals surface area contributed by atoms with Crippen LogP contribution in [0, 0.1) is 41.5 Å². The summed E-state index contributed by atoms with van der Waals surface area (Å²) in [7, 11) is 0. The van der Waals surface area contributed by atoms with E-state index in [9.17, 15) is 0 Å². The Morgan fingerprint density at radius 3 is 0.458 bits per heavy atom. The lowest BCUT2D eigenvalue weighted by atomic mass is 10.0. The predicted octanol–water partition coefficient (Wildman–Crippen LogP) is 13.6. The topological polar surface area (TPSA) is 155 Å². The van der Waals surface area contributed by atoms with E-state index in [0.717, 1.165) is 132 Å². The lowest BCUT2D eigenvalue weighted by Crippen LogP contribution is -2.01. The van der Waals surface area contributed by atoms with Gasteiger partial charge in [0.1, 0.15) is 33.1 Å². The summed E-state index contributed by atoms with van der Waals surface area (Å²) >= 11 is 0. The van der Waals surface area contributed by atoms with Crippen LogP contribution in [0.1, 0.15) is 33.4 Å². The zero-order valence-electron chi connectivity index (χ0n) is 39.8. The number of fused-ring (bicyclic) bond motifs is 21. The highest BCUT2D eigenvalue weighted by molar-refractivity contribution is 6.27. The van der Waals surface area contributed by atoms with Crippen molar-refractivity contribution in [3.05, 3.63) is 143 Å². The van der Waals surface area contributed by atoms with Crippen LogP contribution in [-0.2, 0) is 0 Å². The van der Waals surface area contributed by atoms with Crippen LogP contribution in [-0.4, -0.2) is 59.8 Å². The molecule has 12 heterocycles. The summed E-state index contributed by atoms with van der Waals surface area (Å²) in [5.74, 6) is 0. The van der Waals surface area contributed by atoms with Crippen molar-refractivity contribution in [2.75, 3.05) is 0 Å². The van der Waals surface area contributed by atoms with E-state index in [1.807, 2.05) is 0 Å². The zero-order valence-corrected chi connectivity index (χ0v) is 39.8. The molecule has 0 atom stereocenters. The fraction of sp³-hybridized carbons (Fsp3) is 0.100. The summed E-state index contributed by atoms with van der Waals surface area (Å²) in [4.78, 5) is 66.8. The molecule has 0 saturated heterocycles. The van der Waals surface area contributed by atoms with E-state index in [1.165, 1.54) is 0 Å². The number of hydrogen-bond donors (Lipinski definition) is 0. The minimum Gasteiger partial charge on any atom is -0.246 e. The summed E-state index contributed by atoms with van der Waals surface area (Å²) in [6.07, 6.45) is 0. The van der Waals surface area contributed by atoms with Crippen molar-refractivity contribution >= 4 is 165 Å². The number of pyridine rings is 6. The second-order valence-electron chi connectivity index (χ2n) is 19.8. The van der Waals surface area contributed by atoms with Crippen LogP contribution >= 0.6 is 0 Å². The SMILES string of the molecule is Cc1cc2nc(c1)c1ccc3c4cc(C)cc(n4)c4cc(C)cc(n4)c4ccc5c6cc(C)cc(n6)c6cc(C)cc(n6)c6ccc(c7cc(C)cc2n7)c2nc7c8nc1c3nc8c1nc4c5nc1c7nc62. The van der Waals surface area contributed by atoms with Crippen LogP contribution in [0.5, 0.6) is 0 Å². The molecule has 4 aromatic carbocycles. The molecule has 0 unspecified atom stereocenters. The molecule has 0 N–H and O–H groups in total. The van der Waals surface area contributed by atoms with Crippen molar-refractivity contribution < 1.29 is 0 Å². The van der Waals surface area contributed by atoms with E-state index >= 15 is 0 Å². The summed E-state index contributed by atoms with van der Waals surface area (Å²) < 4.78 is 0. The second-order valence-corrected chi connectivity index (χ2v) is 19.8. The molecule has 0 aliphatic heterocycles. The van der Waals surface area contributed by atoms with Crippen LogP contribution in [0.25, 0.3) is 165 Å². The van der Waals surface area contributed by atoms with Gasteiger partial charge in [-0.3, -0.25) is 0 Å². The van der Waals surface area contributed by atoms with Gasteiger partial charge in [-0.25, -0.2) is 59.8 Å². The normalized spacial score (nSPS) is 12.6. The lowest BCUT2D eigenvalue weighted by molar-refractivity contribution is 1.34. The molecule has 0 saturated carbocycles. The van der Waals surface area contributed by atoms with Crippen LogP contribution in [0.15, 0.2) is 109 Å². The van der Waals surface area contributed by atoms with Gasteiger partial charge in [0.15, 0.2) is 0 Å². The van der Waals surface area contributed by atoms with Crippen LogP contribution < -0.4 is 0 Å². The molecule has 0 spiro atoms. The molecule has 12 heteroatoms. The van der Waals surface area contributed by atoms with E-state index in [1.54, 1.807) is 0 Å². The van der Waals surface area contributed by atoms with Gasteiger partial charge in [-0.05, 0) is 184 Å². The summed E-state index contributed by atoms with van der Waals surface area (Å²) in [6, 6.07) is 37.7. The quantitative estimate of drug-likeness (QED) is 0.105. The number of rotatable bonds is 0. The molecular formula is C60H36N12. The Labute approximate surface area is 406 Å². The maximum Gasteiger partial charge on any atom is 0.120 e. The molecule has 0 aliphatic rings. The molecule has 336 valence electrons. The lowest BCUT2D eigenvalue weighted by Gasteiger charge is -2.14. The van der Waals surface area contributed by atoms with Crippen molar-refractivity contribution in [2.45, 2.75) is 41.5 Å². The highest BCUT2D eigenvalue weighted by atomic mass is 14.9. The number of aromatic nitrogens is 12. The van der Waals surface area contributed by atoms with Crippen LogP contribution in [0.4, 0.5) is 0 Å². The van der Waals surface area contributed by atoms with Gasteiger partial charge < -0.3 is 0 Å². The van der Waals surface area contributed by atoms with Gasteiger partial charge in [0.25, 0.3) is 0 Å². The monoisotopic (exact) mass is 924 g/mol. The minimum absolute atomic E-state index is 0.534. The third-order valence-electron chi connectivity index (χ3n) is 14.4. The summed E-state index contributed by atoms with van der Waals surface area (Å²) in [6.45, 7) is 12.6. The summed E-state index contributed by atoms with van der Waals surface area (Å²) in [5, 5.41) is 4.83. The first kappa shape index (κ1) is 39.4. The van der Waals surface area contributed by atoms with Crippen molar-refractivity contribution in [3.8, 4) is 0 Å². The Hall–Kier alpha value is -9.42. The number of benzene rings is 4. The van der Waals surface area contributed by atoms with Gasteiger partial charge in [-0.2, -0.15) is 0 Å². The van der Waals surface area contributed by atoms with E-state index in [0.29, 0.717) is 66.2 Å². The smallest absolute Gasteiger partial charge is 0.120 e. The fourth-order valence-electron chi connectivity index (χ4n) is 11.3. The number of aryl methyl sites for hydroxylation is 6. The maximum absolute atomic E-state index is 5.74. The molecule has 24 bridgehead atoms. The predicted molar refractivity (Wildman–Crippen MR) is 291 cm³/mol. The first-order valence-corrected chi connectivity index (χ1v) is 24.0. The first-order valence-electron chi connectivity index (χ1n) is 24.0. The molecule has 12 nitrogen and oxygen atoms in total. The minimum atomic E-state index is 0.534. The van der Waals surface area contributed by atoms with Crippen molar-refractivity contribution in [1.29, 1.82) is 0 Å². The van der Waals surface area contributed by atoms with Gasteiger partial charge >= 0.3 is 0 Å². The fourth-order valence-corrected chi connectivity index (χ4v) is 11.3. The average molecular weight is 925 g/mol. The highest BCUT2D eigenvalue weighted by Crippen LogP contribution is 2.40. The molecule has 0 radical (unpaired) electrons. The Kier molecular flexibility index (Phi) is 7.49. The molecule has 72 heavy (non-hydrogen) atoms. The molecule has 0 amide bonds. The standard InChI is InChI=1S/C60H36N12/c1-25-13-37-31-7-8-32-39-15-27(3)21-45(63-39)46-22-29(5)17-41(65-46)35-11-12-36-42-18-30(6)24-48(66-42)47-23-28(4)16-40(64-47)34-10-9-33(38-14-26(2)20-44(62-38)43(19-25)61-37)51-52(34)70-59-57(69-51)55-56(68-50(32)49(31)67-55)58-60(59)72-54(36)53(35)71-58/h7-24H,1-6H3. The largest absolute Gasteiger partial charge is 0.246 e. The van der Waals surface area contributed by atoms with Gasteiger partial charge in [-0.1, -0.05) is 0 Å². The van der Waals surface area contributed by atoms with Crippen molar-refractivity contribution in [2.24, 2.45) is 0 Å². The number of hydrogen-bond acceptors (Lipinski definition) is 12. The zero-order chi connectivity index (χ0) is 48.0. The Bertz CT molecular complexity index is 4420. The molecule has 16 aromatic rings. The van der Waals surface area contributed by atoms with Gasteiger partial charge in [-0.15, -0.1) is 0 Å². The van der Waals surface area contributed by atoms with Gasteiger partial charge in [0, 0.05) is 32.3 Å². The van der Waals surface area contributed by atoms with E-state index in [-0.39, 0.29) is 0 Å². The molecule has 0 fully saturated rings. The Morgan fingerprint density at radius 1 is 0.167 bits per heavy atom. The second kappa shape index (κ2) is 13.7. The molecular weight excluding hydrogens is 889 g/mol. The van der Waals surface area contributed by atoms with E-state index in [4.69, 9.17) is 59.8 Å². The van der Waals surface area contributed by atoms with Gasteiger partial charge in [0.05, 0.1) is 99.3 Å². The maximum atomic E-state index is 5.74. The highest BCUT2D eigenvalue weighted by Gasteiger charge is 2.24. The van der Waals surface area contributed by atoms with Crippen LogP contribution in [0.2, 0.25) is 0 Å². The number of nitrogens with zero attached hydrogens (tertiary/aromatic N) is 12. The van der Waals surface area contributed by atoms with Crippen LogP contribution in [0.3, 0.4) is 0 Å². The van der Waals surface area contributed by atoms with Gasteiger partial charge in [0.2, 0.25) is 0 Å². The molecule has 0 aliphatic carbocycles. The first-order chi connectivity index (χ1) is 35.0. The molecule has 12 aromatic heterocycles. The third kappa shape index (κ3) is 5.51. The molecule has 16 rings (SSSR count). The average Bonchev–Trinajstić information content (AvgIpc) is 3.36. The van der Waals surface area contributed by atoms with E-state index < -0.39 is 0 Å². The third-order valence-corrected chi connectivity index (χ3v) is 14.4.